The van der Waals surface area contributed by atoms with Gasteiger partial charge in [-0.15, -0.1) is 0 Å². The Kier molecular flexibility index (Phi) is 3.33. The quantitative estimate of drug-likeness (QED) is 0.795. The van der Waals surface area contributed by atoms with Gasteiger partial charge in [0.15, 0.2) is 5.65 Å². The van der Waals surface area contributed by atoms with Crippen LogP contribution in [0.15, 0.2) is 30.3 Å². The summed E-state index contributed by atoms with van der Waals surface area (Å²) in [6.07, 6.45) is 3.34. The van der Waals surface area contributed by atoms with E-state index in [1.807, 2.05) is 10.6 Å². The van der Waals surface area contributed by atoms with Crippen molar-refractivity contribution in [3.8, 4) is 11.1 Å². The van der Waals surface area contributed by atoms with Gasteiger partial charge < -0.3 is 5.32 Å². The van der Waals surface area contributed by atoms with Gasteiger partial charge in [0.05, 0.1) is 5.69 Å². The number of benzene rings is 1. The first-order valence-corrected chi connectivity index (χ1v) is 8.38. The Hall–Kier alpha value is -2.36. The molecule has 4 heteroatoms. The first kappa shape index (κ1) is 14.2. The summed E-state index contributed by atoms with van der Waals surface area (Å²) in [6.45, 7) is 6.41. The first-order valence-electron chi connectivity index (χ1n) is 8.38. The summed E-state index contributed by atoms with van der Waals surface area (Å²) in [6, 6.07) is 10.8. The Balaban J connectivity index is 2.02. The zero-order chi connectivity index (χ0) is 16.0. The van der Waals surface area contributed by atoms with Gasteiger partial charge >= 0.3 is 0 Å². The zero-order valence-electron chi connectivity index (χ0n) is 13.9. The molecular weight excluding hydrogens is 284 g/mol. The van der Waals surface area contributed by atoms with Crippen molar-refractivity contribution in [3.63, 3.8) is 0 Å². The Labute approximate surface area is 136 Å². The standard InChI is InChI=1S/C19H22N4/c1-12(2)20-18-15-10-7-11-16(15)21-19-17(13(3)22-23(18)19)14-8-5-4-6-9-14/h4-6,8-9,12,20H,7,10-11H2,1-3H3. The second kappa shape index (κ2) is 5.37. The monoisotopic (exact) mass is 306 g/mol. The summed E-state index contributed by atoms with van der Waals surface area (Å²) in [4.78, 5) is 4.98. The summed E-state index contributed by atoms with van der Waals surface area (Å²) in [5.41, 5.74) is 6.90. The lowest BCUT2D eigenvalue weighted by Gasteiger charge is -2.15. The van der Waals surface area contributed by atoms with Crippen molar-refractivity contribution >= 4 is 11.5 Å². The van der Waals surface area contributed by atoms with Gasteiger partial charge in [-0.2, -0.15) is 9.61 Å². The highest BCUT2D eigenvalue weighted by Crippen LogP contribution is 2.34. The molecule has 118 valence electrons. The highest BCUT2D eigenvalue weighted by atomic mass is 15.3. The fraction of sp³-hybridized carbons (Fsp3) is 0.368. The first-order chi connectivity index (χ1) is 11.1. The molecule has 0 unspecified atom stereocenters. The number of aromatic nitrogens is 3. The minimum absolute atomic E-state index is 0.370. The predicted molar refractivity (Wildman–Crippen MR) is 93.9 cm³/mol. The van der Waals surface area contributed by atoms with Crippen molar-refractivity contribution < 1.29 is 0 Å². The SMILES string of the molecule is Cc1nn2c(NC(C)C)c3c(nc2c1-c1ccccc1)CCC3. The molecule has 2 aromatic heterocycles. The summed E-state index contributed by atoms with van der Waals surface area (Å²) < 4.78 is 2.02. The van der Waals surface area contributed by atoms with E-state index in [4.69, 9.17) is 10.1 Å². The number of nitrogens with zero attached hydrogens (tertiary/aromatic N) is 3. The van der Waals surface area contributed by atoms with E-state index in [1.165, 1.54) is 23.2 Å². The van der Waals surface area contributed by atoms with E-state index in [0.29, 0.717) is 6.04 Å². The Morgan fingerprint density at radius 1 is 1.13 bits per heavy atom. The maximum absolute atomic E-state index is 4.98. The van der Waals surface area contributed by atoms with Gasteiger partial charge in [-0.3, -0.25) is 0 Å². The highest BCUT2D eigenvalue weighted by molar-refractivity contribution is 5.81. The molecule has 3 aromatic rings. The summed E-state index contributed by atoms with van der Waals surface area (Å²) in [5.74, 6) is 1.13. The van der Waals surface area contributed by atoms with Crippen LogP contribution in [0.1, 0.15) is 37.2 Å². The molecule has 0 radical (unpaired) electrons. The van der Waals surface area contributed by atoms with Crippen molar-refractivity contribution in [1.82, 2.24) is 14.6 Å². The van der Waals surface area contributed by atoms with Crippen molar-refractivity contribution in [2.75, 3.05) is 5.32 Å². The number of aryl methyl sites for hydroxylation is 2. The Morgan fingerprint density at radius 3 is 2.65 bits per heavy atom. The number of rotatable bonds is 3. The smallest absolute Gasteiger partial charge is 0.165 e. The molecule has 0 bridgehead atoms. The van der Waals surface area contributed by atoms with Crippen molar-refractivity contribution in [2.45, 2.75) is 46.1 Å². The lowest BCUT2D eigenvalue weighted by molar-refractivity contribution is 0.833. The largest absolute Gasteiger partial charge is 0.367 e. The average molecular weight is 306 g/mol. The van der Waals surface area contributed by atoms with E-state index in [0.717, 1.165) is 35.6 Å². The summed E-state index contributed by atoms with van der Waals surface area (Å²) in [7, 11) is 0. The van der Waals surface area contributed by atoms with Crippen molar-refractivity contribution in [1.29, 1.82) is 0 Å². The average Bonchev–Trinajstić information content (AvgIpc) is 3.11. The van der Waals surface area contributed by atoms with Gasteiger partial charge in [0, 0.05) is 22.9 Å². The second-order valence-electron chi connectivity index (χ2n) is 6.60. The number of anilines is 1. The molecule has 23 heavy (non-hydrogen) atoms. The topological polar surface area (TPSA) is 42.2 Å². The molecule has 4 rings (SSSR count). The molecular formula is C19H22N4. The van der Waals surface area contributed by atoms with E-state index in [9.17, 15) is 0 Å². The fourth-order valence-electron chi connectivity index (χ4n) is 3.50. The molecule has 0 amide bonds. The normalized spacial score (nSPS) is 13.7. The van der Waals surface area contributed by atoms with Crippen LogP contribution < -0.4 is 5.32 Å². The lowest BCUT2D eigenvalue weighted by atomic mass is 10.1. The molecule has 1 N–H and O–H groups in total. The molecule has 1 aliphatic carbocycles. The number of hydrogen-bond acceptors (Lipinski definition) is 3. The van der Waals surface area contributed by atoms with E-state index >= 15 is 0 Å². The highest BCUT2D eigenvalue weighted by Gasteiger charge is 2.24. The molecule has 0 saturated carbocycles. The zero-order valence-corrected chi connectivity index (χ0v) is 13.9. The predicted octanol–water partition coefficient (Wildman–Crippen LogP) is 4.01. The number of nitrogens with one attached hydrogen (secondary N) is 1. The minimum atomic E-state index is 0.370. The molecule has 1 aliphatic rings. The van der Waals surface area contributed by atoms with Crippen LogP contribution in [0.5, 0.6) is 0 Å². The Bertz CT molecular complexity index is 862. The van der Waals surface area contributed by atoms with Crippen LogP contribution in [0.25, 0.3) is 16.8 Å². The van der Waals surface area contributed by atoms with Crippen molar-refractivity contribution in [2.24, 2.45) is 0 Å². The summed E-state index contributed by atoms with van der Waals surface area (Å²) >= 11 is 0. The van der Waals surface area contributed by atoms with Crippen LogP contribution in [0.4, 0.5) is 5.82 Å². The van der Waals surface area contributed by atoms with Gasteiger partial charge in [-0.25, -0.2) is 4.98 Å². The van der Waals surface area contributed by atoms with Gasteiger partial charge in [0.2, 0.25) is 0 Å². The van der Waals surface area contributed by atoms with Crippen molar-refractivity contribution in [3.05, 3.63) is 47.3 Å². The van der Waals surface area contributed by atoms with E-state index in [2.05, 4.69) is 50.4 Å². The van der Waals surface area contributed by atoms with Gasteiger partial charge in [-0.1, -0.05) is 30.3 Å². The van der Waals surface area contributed by atoms with Gasteiger partial charge in [-0.05, 0) is 45.6 Å². The molecule has 4 nitrogen and oxygen atoms in total. The van der Waals surface area contributed by atoms with Crippen LogP contribution >= 0.6 is 0 Å². The third-order valence-electron chi connectivity index (χ3n) is 4.45. The van der Waals surface area contributed by atoms with Crippen LogP contribution in [0.3, 0.4) is 0 Å². The van der Waals surface area contributed by atoms with Crippen LogP contribution in [0, 0.1) is 6.92 Å². The van der Waals surface area contributed by atoms with Crippen LogP contribution in [-0.4, -0.2) is 20.6 Å². The number of fused-ring (bicyclic) bond motifs is 2. The third kappa shape index (κ3) is 2.29. The van der Waals surface area contributed by atoms with Gasteiger partial charge in [0.25, 0.3) is 0 Å². The van der Waals surface area contributed by atoms with Crippen LogP contribution in [0.2, 0.25) is 0 Å². The fourth-order valence-corrected chi connectivity index (χ4v) is 3.50. The molecule has 0 atom stereocenters. The van der Waals surface area contributed by atoms with E-state index < -0.39 is 0 Å². The molecule has 1 aromatic carbocycles. The van der Waals surface area contributed by atoms with E-state index in [-0.39, 0.29) is 0 Å². The minimum Gasteiger partial charge on any atom is -0.367 e. The molecule has 0 spiro atoms. The summed E-state index contributed by atoms with van der Waals surface area (Å²) in [5, 5.41) is 8.41. The molecule has 0 saturated heterocycles. The Morgan fingerprint density at radius 2 is 1.91 bits per heavy atom. The maximum atomic E-state index is 4.98. The maximum Gasteiger partial charge on any atom is 0.165 e. The third-order valence-corrected chi connectivity index (χ3v) is 4.45. The molecule has 2 heterocycles. The van der Waals surface area contributed by atoms with E-state index in [1.54, 1.807) is 0 Å². The number of hydrogen-bond donors (Lipinski definition) is 1. The van der Waals surface area contributed by atoms with Gasteiger partial charge in [0.1, 0.15) is 5.82 Å². The molecule has 0 aliphatic heterocycles. The van der Waals surface area contributed by atoms with Crippen LogP contribution in [-0.2, 0) is 12.8 Å². The molecule has 0 fully saturated rings. The lowest BCUT2D eigenvalue weighted by Crippen LogP contribution is -2.16. The second-order valence-corrected chi connectivity index (χ2v) is 6.60.